The van der Waals surface area contributed by atoms with Crippen LogP contribution in [0.1, 0.15) is 13.3 Å². The van der Waals surface area contributed by atoms with Crippen molar-refractivity contribution in [2.75, 3.05) is 13.1 Å². The maximum Gasteiger partial charge on any atom is 0.210 e. The van der Waals surface area contributed by atoms with E-state index in [1.807, 2.05) is 0 Å². The Morgan fingerprint density at radius 3 is 3.00 bits per heavy atom. The summed E-state index contributed by atoms with van der Waals surface area (Å²) in [5.74, 6) is 0. The second-order valence-corrected chi connectivity index (χ2v) is 2.87. The first-order chi connectivity index (χ1) is 5.24. The van der Waals surface area contributed by atoms with Crippen molar-refractivity contribution in [2.45, 2.75) is 25.6 Å². The third-order valence-corrected chi connectivity index (χ3v) is 1.97. The highest BCUT2D eigenvalue weighted by Gasteiger charge is 2.25. The first-order valence-electron chi connectivity index (χ1n) is 3.86. The van der Waals surface area contributed by atoms with Crippen LogP contribution in [-0.2, 0) is 4.79 Å². The molecule has 1 aliphatic heterocycles. The lowest BCUT2D eigenvalue weighted by Gasteiger charge is -2.38. The maximum atomic E-state index is 10.3. The largest absolute Gasteiger partial charge is 0.379 e. The van der Waals surface area contributed by atoms with Crippen molar-refractivity contribution >= 4 is 6.41 Å². The molecule has 4 nitrogen and oxygen atoms in total. The molecule has 11 heavy (non-hydrogen) atoms. The summed E-state index contributed by atoms with van der Waals surface area (Å²) in [6, 6.07) is 0.294. The molecule has 1 heterocycles. The minimum absolute atomic E-state index is 0.294. The monoisotopic (exact) mass is 158 g/mol. The van der Waals surface area contributed by atoms with Gasteiger partial charge >= 0.3 is 0 Å². The molecule has 1 saturated heterocycles. The zero-order chi connectivity index (χ0) is 8.27. The Kier molecular flexibility index (Phi) is 2.84. The number of amides is 1. The minimum Gasteiger partial charge on any atom is -0.379 e. The Morgan fingerprint density at radius 2 is 2.64 bits per heavy atom. The van der Waals surface area contributed by atoms with Gasteiger partial charge in [0.25, 0.3) is 0 Å². The Morgan fingerprint density at radius 1 is 1.91 bits per heavy atom. The van der Waals surface area contributed by atoms with Gasteiger partial charge in [-0.05, 0) is 13.3 Å². The number of nitrogens with zero attached hydrogens (tertiary/aromatic N) is 1. The van der Waals surface area contributed by atoms with Gasteiger partial charge in [0.15, 0.2) is 0 Å². The van der Waals surface area contributed by atoms with E-state index in [0.717, 1.165) is 19.4 Å². The third-order valence-electron chi connectivity index (χ3n) is 1.97. The quantitative estimate of drug-likeness (QED) is 0.414. The topological polar surface area (TPSA) is 52.6 Å². The molecule has 1 aliphatic rings. The van der Waals surface area contributed by atoms with E-state index in [1.165, 1.54) is 0 Å². The molecule has 0 radical (unpaired) electrons. The van der Waals surface area contributed by atoms with Gasteiger partial charge in [0.1, 0.15) is 6.23 Å². The second kappa shape index (κ2) is 3.69. The summed E-state index contributed by atoms with van der Waals surface area (Å²) in [7, 11) is 0. The zero-order valence-electron chi connectivity index (χ0n) is 6.66. The van der Waals surface area contributed by atoms with Crippen molar-refractivity contribution in [1.29, 1.82) is 0 Å². The van der Waals surface area contributed by atoms with Gasteiger partial charge in [0, 0.05) is 19.1 Å². The smallest absolute Gasteiger partial charge is 0.210 e. The van der Waals surface area contributed by atoms with E-state index in [1.54, 1.807) is 11.8 Å². The van der Waals surface area contributed by atoms with Gasteiger partial charge in [-0.15, -0.1) is 0 Å². The molecular formula is C7H14N2O2. The summed E-state index contributed by atoms with van der Waals surface area (Å²) in [4.78, 5) is 12.0. The number of rotatable bonds is 4. The van der Waals surface area contributed by atoms with Crippen LogP contribution in [0.25, 0.3) is 0 Å². The number of carbonyl (C=O) groups is 1. The van der Waals surface area contributed by atoms with E-state index < -0.39 is 6.23 Å². The van der Waals surface area contributed by atoms with Crippen LogP contribution in [0.5, 0.6) is 0 Å². The molecule has 0 aliphatic carbocycles. The predicted octanol–water partition coefficient (Wildman–Crippen LogP) is -0.855. The summed E-state index contributed by atoms with van der Waals surface area (Å²) in [6.45, 7) is 3.22. The third kappa shape index (κ3) is 2.17. The first-order valence-corrected chi connectivity index (χ1v) is 3.86. The van der Waals surface area contributed by atoms with Crippen LogP contribution < -0.4 is 5.32 Å². The van der Waals surface area contributed by atoms with Crippen molar-refractivity contribution < 1.29 is 9.90 Å². The van der Waals surface area contributed by atoms with Crippen molar-refractivity contribution in [3.63, 3.8) is 0 Å². The van der Waals surface area contributed by atoms with Gasteiger partial charge in [0.05, 0.1) is 0 Å². The minimum atomic E-state index is -0.482. The van der Waals surface area contributed by atoms with Crippen molar-refractivity contribution in [2.24, 2.45) is 0 Å². The van der Waals surface area contributed by atoms with E-state index in [2.05, 4.69) is 5.32 Å². The number of likely N-dealkylation sites (tertiary alicyclic amines) is 1. The Labute approximate surface area is 66.2 Å². The predicted molar refractivity (Wildman–Crippen MR) is 40.9 cm³/mol. The van der Waals surface area contributed by atoms with Gasteiger partial charge in [0.2, 0.25) is 6.41 Å². The molecule has 4 heteroatoms. The molecule has 0 aromatic heterocycles. The molecule has 1 amide bonds. The number of aliphatic hydroxyl groups excluding tert-OH is 1. The van der Waals surface area contributed by atoms with Crippen LogP contribution >= 0.6 is 0 Å². The average molecular weight is 158 g/mol. The summed E-state index contributed by atoms with van der Waals surface area (Å²) in [6.07, 6.45) is 1.42. The lowest BCUT2D eigenvalue weighted by atomic mass is 10.1. The molecule has 2 N–H and O–H groups in total. The highest BCUT2D eigenvalue weighted by Crippen LogP contribution is 2.13. The second-order valence-electron chi connectivity index (χ2n) is 2.87. The molecule has 2 atom stereocenters. The summed E-state index contributed by atoms with van der Waals surface area (Å²) in [5, 5.41) is 11.7. The van der Waals surface area contributed by atoms with Crippen molar-refractivity contribution in [1.82, 2.24) is 10.2 Å². The van der Waals surface area contributed by atoms with Crippen LogP contribution in [0.2, 0.25) is 0 Å². The molecular weight excluding hydrogens is 144 g/mol. The molecule has 1 rings (SSSR count). The number of aliphatic hydroxyl groups is 1. The SMILES string of the molecule is CC(O)NC[C@@H]1CCN1C=O. The Balaban J connectivity index is 2.12. The van der Waals surface area contributed by atoms with E-state index in [4.69, 9.17) is 5.11 Å². The maximum absolute atomic E-state index is 10.3. The molecule has 1 fully saturated rings. The summed E-state index contributed by atoms with van der Waals surface area (Å²) < 4.78 is 0. The zero-order valence-corrected chi connectivity index (χ0v) is 6.66. The number of hydrogen-bond donors (Lipinski definition) is 2. The van der Waals surface area contributed by atoms with Crippen LogP contribution in [-0.4, -0.2) is 41.8 Å². The van der Waals surface area contributed by atoms with Gasteiger partial charge in [-0.3, -0.25) is 10.1 Å². The fourth-order valence-corrected chi connectivity index (χ4v) is 1.13. The molecule has 0 saturated carbocycles. The van der Waals surface area contributed by atoms with E-state index in [9.17, 15) is 4.79 Å². The molecule has 0 bridgehead atoms. The highest BCUT2D eigenvalue weighted by atomic mass is 16.3. The normalized spacial score (nSPS) is 26.0. The molecule has 0 spiro atoms. The number of carbonyl (C=O) groups excluding carboxylic acids is 1. The van der Waals surface area contributed by atoms with Crippen molar-refractivity contribution in [3.05, 3.63) is 0 Å². The lowest BCUT2D eigenvalue weighted by molar-refractivity contribution is -0.125. The number of hydrogen-bond acceptors (Lipinski definition) is 3. The lowest BCUT2D eigenvalue weighted by Crippen LogP contribution is -2.52. The Hall–Kier alpha value is -0.610. The molecule has 0 aromatic rings. The first kappa shape index (κ1) is 8.49. The van der Waals surface area contributed by atoms with Crippen molar-refractivity contribution in [3.8, 4) is 0 Å². The fourth-order valence-electron chi connectivity index (χ4n) is 1.13. The summed E-state index contributed by atoms with van der Waals surface area (Å²) >= 11 is 0. The summed E-state index contributed by atoms with van der Waals surface area (Å²) in [5.41, 5.74) is 0. The molecule has 0 aromatic carbocycles. The van der Waals surface area contributed by atoms with Crippen LogP contribution in [0.3, 0.4) is 0 Å². The van der Waals surface area contributed by atoms with Gasteiger partial charge in [-0.2, -0.15) is 0 Å². The van der Waals surface area contributed by atoms with E-state index in [-0.39, 0.29) is 0 Å². The van der Waals surface area contributed by atoms with Crippen LogP contribution in [0, 0.1) is 0 Å². The fraction of sp³-hybridized carbons (Fsp3) is 0.857. The Bertz CT molecular complexity index is 138. The highest BCUT2D eigenvalue weighted by molar-refractivity contribution is 5.49. The average Bonchev–Trinajstić information content (AvgIpc) is 1.86. The van der Waals surface area contributed by atoms with Gasteiger partial charge in [-0.1, -0.05) is 0 Å². The van der Waals surface area contributed by atoms with E-state index in [0.29, 0.717) is 12.6 Å². The standard InChI is InChI=1S/C7H14N2O2/c1-6(11)8-4-7-2-3-9(7)5-10/h5-8,11H,2-4H2,1H3/t6?,7-/m0/s1. The molecule has 64 valence electrons. The number of nitrogens with one attached hydrogen (secondary N) is 1. The van der Waals surface area contributed by atoms with E-state index >= 15 is 0 Å². The van der Waals surface area contributed by atoms with Crippen LogP contribution in [0.15, 0.2) is 0 Å². The molecule has 1 unspecified atom stereocenters. The van der Waals surface area contributed by atoms with Crippen LogP contribution in [0.4, 0.5) is 0 Å². The van der Waals surface area contributed by atoms with Gasteiger partial charge in [-0.25, -0.2) is 0 Å². The van der Waals surface area contributed by atoms with Gasteiger partial charge < -0.3 is 10.0 Å².